The molecule has 1 fully saturated rings. The van der Waals surface area contributed by atoms with Crippen LogP contribution in [-0.4, -0.2) is 65.0 Å². The number of hydrogen-bond acceptors (Lipinski definition) is 6. The number of para-hydroxylation sites is 1. The molecule has 0 N–H and O–H groups in total. The molecule has 0 aliphatic carbocycles. The van der Waals surface area contributed by atoms with E-state index in [9.17, 15) is 9.59 Å². The topological polar surface area (TPSA) is 82.8 Å². The SMILES string of the molecule is CN(c1ccccc1)c1ccc(C(=O)N2CCN(C(=O)c3ccco3)CC2)nn1. The minimum Gasteiger partial charge on any atom is -0.459 e. The van der Waals surface area contributed by atoms with E-state index in [0.29, 0.717) is 43.5 Å². The highest BCUT2D eigenvalue weighted by atomic mass is 16.3. The Labute approximate surface area is 168 Å². The number of benzene rings is 1. The molecule has 4 rings (SSSR count). The first-order valence-corrected chi connectivity index (χ1v) is 9.38. The van der Waals surface area contributed by atoms with Gasteiger partial charge in [0.1, 0.15) is 0 Å². The van der Waals surface area contributed by atoms with Gasteiger partial charge in [0.2, 0.25) is 0 Å². The quantitative estimate of drug-likeness (QED) is 0.679. The molecule has 1 aliphatic heterocycles. The highest BCUT2D eigenvalue weighted by molar-refractivity contribution is 5.93. The zero-order chi connectivity index (χ0) is 20.2. The molecular weight excluding hydrogens is 370 g/mol. The molecule has 0 saturated carbocycles. The summed E-state index contributed by atoms with van der Waals surface area (Å²) in [6.07, 6.45) is 1.48. The van der Waals surface area contributed by atoms with Crippen LogP contribution in [0.5, 0.6) is 0 Å². The summed E-state index contributed by atoms with van der Waals surface area (Å²) in [6, 6.07) is 16.6. The highest BCUT2D eigenvalue weighted by Crippen LogP contribution is 2.20. The lowest BCUT2D eigenvalue weighted by atomic mass is 10.2. The van der Waals surface area contributed by atoms with Gasteiger partial charge in [-0.15, -0.1) is 10.2 Å². The van der Waals surface area contributed by atoms with Crippen molar-refractivity contribution in [2.24, 2.45) is 0 Å². The van der Waals surface area contributed by atoms with Crippen molar-refractivity contribution < 1.29 is 14.0 Å². The number of piperazine rings is 1. The third-order valence-corrected chi connectivity index (χ3v) is 4.94. The van der Waals surface area contributed by atoms with Crippen LogP contribution in [0.2, 0.25) is 0 Å². The van der Waals surface area contributed by atoms with Gasteiger partial charge in [-0.2, -0.15) is 0 Å². The molecule has 2 amide bonds. The summed E-state index contributed by atoms with van der Waals surface area (Å²) < 4.78 is 5.16. The zero-order valence-corrected chi connectivity index (χ0v) is 16.1. The van der Waals surface area contributed by atoms with Gasteiger partial charge >= 0.3 is 0 Å². The number of carbonyl (C=O) groups excluding carboxylic acids is 2. The molecule has 3 aromatic rings. The number of furan rings is 1. The molecule has 0 bridgehead atoms. The number of amides is 2. The van der Waals surface area contributed by atoms with Gasteiger partial charge in [-0.3, -0.25) is 9.59 Å². The maximum atomic E-state index is 12.7. The van der Waals surface area contributed by atoms with Crippen molar-refractivity contribution >= 4 is 23.3 Å². The average molecular weight is 391 g/mol. The van der Waals surface area contributed by atoms with Gasteiger partial charge in [0.25, 0.3) is 11.8 Å². The largest absolute Gasteiger partial charge is 0.459 e. The predicted octanol–water partition coefficient (Wildman–Crippen LogP) is 2.44. The van der Waals surface area contributed by atoms with E-state index in [1.807, 2.05) is 42.3 Å². The summed E-state index contributed by atoms with van der Waals surface area (Å²) in [5, 5.41) is 8.32. The van der Waals surface area contributed by atoms with E-state index in [0.717, 1.165) is 5.69 Å². The number of hydrogen-bond donors (Lipinski definition) is 0. The fourth-order valence-electron chi connectivity index (χ4n) is 3.23. The van der Waals surface area contributed by atoms with Crippen molar-refractivity contribution in [1.82, 2.24) is 20.0 Å². The number of carbonyl (C=O) groups is 2. The maximum Gasteiger partial charge on any atom is 0.289 e. The fourth-order valence-corrected chi connectivity index (χ4v) is 3.23. The molecule has 0 unspecified atom stereocenters. The lowest BCUT2D eigenvalue weighted by Gasteiger charge is -2.34. The first-order valence-electron chi connectivity index (χ1n) is 9.38. The van der Waals surface area contributed by atoms with E-state index in [2.05, 4.69) is 10.2 Å². The third-order valence-electron chi connectivity index (χ3n) is 4.94. The van der Waals surface area contributed by atoms with E-state index in [-0.39, 0.29) is 11.8 Å². The lowest BCUT2D eigenvalue weighted by Crippen LogP contribution is -2.50. The van der Waals surface area contributed by atoms with Crippen LogP contribution in [0.1, 0.15) is 21.0 Å². The van der Waals surface area contributed by atoms with Crippen LogP contribution >= 0.6 is 0 Å². The summed E-state index contributed by atoms with van der Waals surface area (Å²) in [5.74, 6) is 0.627. The molecule has 3 heterocycles. The summed E-state index contributed by atoms with van der Waals surface area (Å²) in [7, 11) is 1.90. The molecule has 1 saturated heterocycles. The van der Waals surface area contributed by atoms with Crippen LogP contribution in [-0.2, 0) is 0 Å². The highest BCUT2D eigenvalue weighted by Gasteiger charge is 2.27. The van der Waals surface area contributed by atoms with Crippen molar-refractivity contribution in [3.05, 3.63) is 72.3 Å². The normalized spacial score (nSPS) is 14.0. The van der Waals surface area contributed by atoms with Gasteiger partial charge in [-0.05, 0) is 36.4 Å². The van der Waals surface area contributed by atoms with E-state index in [1.165, 1.54) is 6.26 Å². The molecule has 0 spiro atoms. The van der Waals surface area contributed by atoms with Gasteiger partial charge in [0.05, 0.1) is 6.26 Å². The Morgan fingerprint density at radius 1 is 0.862 bits per heavy atom. The van der Waals surface area contributed by atoms with Crippen LogP contribution in [0.15, 0.2) is 65.3 Å². The Morgan fingerprint density at radius 2 is 1.55 bits per heavy atom. The Balaban J connectivity index is 1.37. The molecule has 2 aromatic heterocycles. The zero-order valence-electron chi connectivity index (χ0n) is 16.1. The van der Waals surface area contributed by atoms with Crippen LogP contribution in [0, 0.1) is 0 Å². The number of anilines is 2. The Bertz CT molecular complexity index is 965. The first kappa shape index (κ1) is 18.7. The summed E-state index contributed by atoms with van der Waals surface area (Å²) >= 11 is 0. The van der Waals surface area contributed by atoms with Crippen LogP contribution in [0.3, 0.4) is 0 Å². The summed E-state index contributed by atoms with van der Waals surface area (Å²) in [5.41, 5.74) is 1.28. The van der Waals surface area contributed by atoms with Gasteiger partial charge in [-0.25, -0.2) is 0 Å². The van der Waals surface area contributed by atoms with Gasteiger partial charge in [0, 0.05) is 38.9 Å². The number of rotatable bonds is 4. The standard InChI is InChI=1S/C21H21N5O3/c1-24(16-6-3-2-4-7-16)19-10-9-17(22-23-19)20(27)25-11-13-26(14-12-25)21(28)18-8-5-15-29-18/h2-10,15H,11-14H2,1H3. The Hall–Kier alpha value is -3.68. The molecule has 148 valence electrons. The van der Waals surface area contributed by atoms with Gasteiger partial charge < -0.3 is 19.1 Å². The lowest BCUT2D eigenvalue weighted by molar-refractivity contribution is 0.0514. The second kappa shape index (κ2) is 8.14. The predicted molar refractivity (Wildman–Crippen MR) is 107 cm³/mol. The van der Waals surface area contributed by atoms with E-state index in [4.69, 9.17) is 4.42 Å². The van der Waals surface area contributed by atoms with Crippen LogP contribution in [0.4, 0.5) is 11.5 Å². The van der Waals surface area contributed by atoms with Crippen molar-refractivity contribution in [3.63, 3.8) is 0 Å². The molecule has 0 atom stereocenters. The molecule has 8 nitrogen and oxygen atoms in total. The van der Waals surface area contributed by atoms with Crippen molar-refractivity contribution in [1.29, 1.82) is 0 Å². The van der Waals surface area contributed by atoms with E-state index in [1.54, 1.807) is 34.1 Å². The molecule has 29 heavy (non-hydrogen) atoms. The Kier molecular flexibility index (Phi) is 5.24. The van der Waals surface area contributed by atoms with E-state index >= 15 is 0 Å². The third kappa shape index (κ3) is 3.96. The van der Waals surface area contributed by atoms with Crippen molar-refractivity contribution in [2.75, 3.05) is 38.1 Å². The minimum absolute atomic E-state index is 0.157. The van der Waals surface area contributed by atoms with Crippen LogP contribution in [0.25, 0.3) is 0 Å². The molecule has 0 radical (unpaired) electrons. The number of nitrogens with zero attached hydrogens (tertiary/aromatic N) is 5. The molecule has 1 aliphatic rings. The molecular formula is C21H21N5O3. The Morgan fingerprint density at radius 3 is 2.14 bits per heavy atom. The molecule has 1 aromatic carbocycles. The van der Waals surface area contributed by atoms with Crippen LogP contribution < -0.4 is 4.90 Å². The van der Waals surface area contributed by atoms with Gasteiger partial charge in [-0.1, -0.05) is 18.2 Å². The average Bonchev–Trinajstić information content (AvgIpc) is 3.33. The monoisotopic (exact) mass is 391 g/mol. The van der Waals surface area contributed by atoms with Gasteiger partial charge in [0.15, 0.2) is 17.3 Å². The second-order valence-electron chi connectivity index (χ2n) is 6.73. The van der Waals surface area contributed by atoms with E-state index < -0.39 is 0 Å². The fraction of sp³-hybridized carbons (Fsp3) is 0.238. The molecule has 8 heteroatoms. The second-order valence-corrected chi connectivity index (χ2v) is 6.73. The number of aromatic nitrogens is 2. The van der Waals surface area contributed by atoms with Crippen molar-refractivity contribution in [2.45, 2.75) is 0 Å². The van der Waals surface area contributed by atoms with Crippen molar-refractivity contribution in [3.8, 4) is 0 Å². The summed E-state index contributed by atoms with van der Waals surface area (Å²) in [4.78, 5) is 30.4. The first-order chi connectivity index (χ1) is 14.1. The minimum atomic E-state index is -0.184. The summed E-state index contributed by atoms with van der Waals surface area (Å²) in [6.45, 7) is 1.79. The maximum absolute atomic E-state index is 12.7. The smallest absolute Gasteiger partial charge is 0.289 e.